The Morgan fingerprint density at radius 1 is 1.05 bits per heavy atom. The van der Waals surface area contributed by atoms with E-state index < -0.39 is 23.8 Å². The summed E-state index contributed by atoms with van der Waals surface area (Å²) in [6, 6.07) is 6.39. The smallest absolute Gasteiger partial charge is 0.325 e. The average molecular weight is 529 g/mol. The van der Waals surface area contributed by atoms with E-state index in [-0.39, 0.29) is 18.2 Å². The van der Waals surface area contributed by atoms with Crippen molar-refractivity contribution >= 4 is 17.8 Å². The number of carbonyl (C=O) groups is 3. The molecule has 1 saturated carbocycles. The lowest BCUT2D eigenvalue weighted by Gasteiger charge is -2.26. The van der Waals surface area contributed by atoms with Gasteiger partial charge in [0.15, 0.2) is 5.69 Å². The van der Waals surface area contributed by atoms with E-state index in [0.29, 0.717) is 41.6 Å². The fraction of sp³-hybridized carbons (Fsp3) is 0.571. The first-order chi connectivity index (χ1) is 18.3. The van der Waals surface area contributed by atoms with Crippen LogP contribution in [-0.2, 0) is 20.9 Å². The minimum absolute atomic E-state index is 0.183. The molecule has 1 aliphatic carbocycles. The van der Waals surface area contributed by atoms with Crippen LogP contribution in [0.5, 0.6) is 11.5 Å². The third-order valence-corrected chi connectivity index (χ3v) is 6.78. The molecule has 1 atom stereocenters. The fourth-order valence-electron chi connectivity index (χ4n) is 4.89. The summed E-state index contributed by atoms with van der Waals surface area (Å²) in [6.45, 7) is 4.44. The van der Waals surface area contributed by atoms with Gasteiger partial charge in [-0.3, -0.25) is 19.1 Å². The molecular weight excluding hydrogens is 488 g/mol. The Labute approximate surface area is 224 Å². The van der Waals surface area contributed by atoms with Crippen molar-refractivity contribution in [1.82, 2.24) is 20.4 Å². The van der Waals surface area contributed by atoms with Gasteiger partial charge in [0.05, 0.1) is 32.6 Å². The molecule has 0 saturated heterocycles. The Morgan fingerprint density at radius 2 is 1.71 bits per heavy atom. The van der Waals surface area contributed by atoms with Crippen LogP contribution >= 0.6 is 0 Å². The number of carbonyl (C=O) groups excluding carboxylic acids is 3. The van der Waals surface area contributed by atoms with E-state index in [0.717, 1.165) is 25.7 Å². The maximum atomic E-state index is 13.5. The molecule has 2 N–H and O–H groups in total. The number of hydrogen-bond donors (Lipinski definition) is 2. The number of amides is 2. The molecule has 1 fully saturated rings. The van der Waals surface area contributed by atoms with Gasteiger partial charge < -0.3 is 24.8 Å². The molecule has 1 aliphatic rings. The van der Waals surface area contributed by atoms with Crippen molar-refractivity contribution in [2.45, 2.75) is 65.0 Å². The van der Waals surface area contributed by atoms with Crippen molar-refractivity contribution in [2.75, 3.05) is 27.9 Å². The quantitative estimate of drug-likeness (QED) is 0.404. The molecule has 38 heavy (non-hydrogen) atoms. The van der Waals surface area contributed by atoms with E-state index in [9.17, 15) is 14.4 Å². The zero-order valence-corrected chi connectivity index (χ0v) is 23.0. The van der Waals surface area contributed by atoms with Crippen LogP contribution in [0, 0.1) is 11.8 Å². The van der Waals surface area contributed by atoms with Crippen LogP contribution in [0.3, 0.4) is 0 Å². The lowest BCUT2D eigenvalue weighted by Crippen LogP contribution is -2.49. The second-order valence-corrected chi connectivity index (χ2v) is 10.1. The lowest BCUT2D eigenvalue weighted by atomic mass is 9.84. The van der Waals surface area contributed by atoms with Crippen molar-refractivity contribution in [2.24, 2.45) is 11.8 Å². The Bertz CT molecular complexity index is 1080. The zero-order chi connectivity index (χ0) is 27.7. The molecule has 10 heteroatoms. The normalized spacial score (nSPS) is 14.6. The SMILES string of the molecule is COC(=O)CNC(=O)[C@H](CC1CCCCC1)NC(=O)c1cc(-c2c(OC)cccc2OC)n(CC(C)C)n1. The van der Waals surface area contributed by atoms with Crippen LogP contribution < -0.4 is 20.1 Å². The highest BCUT2D eigenvalue weighted by molar-refractivity contribution is 5.97. The summed E-state index contributed by atoms with van der Waals surface area (Å²) in [5.74, 6) is 0.346. The van der Waals surface area contributed by atoms with E-state index in [4.69, 9.17) is 9.47 Å². The summed E-state index contributed by atoms with van der Waals surface area (Å²) in [6.07, 6.45) is 5.93. The highest BCUT2D eigenvalue weighted by Crippen LogP contribution is 2.39. The summed E-state index contributed by atoms with van der Waals surface area (Å²) < 4.78 is 17.6. The van der Waals surface area contributed by atoms with Crippen LogP contribution in [0.1, 0.15) is 62.9 Å². The Morgan fingerprint density at radius 3 is 2.29 bits per heavy atom. The van der Waals surface area contributed by atoms with E-state index in [2.05, 4.69) is 34.3 Å². The maximum Gasteiger partial charge on any atom is 0.325 e. The highest BCUT2D eigenvalue weighted by atomic mass is 16.5. The molecule has 208 valence electrons. The van der Waals surface area contributed by atoms with Gasteiger partial charge in [0, 0.05) is 6.54 Å². The summed E-state index contributed by atoms with van der Waals surface area (Å²) in [5, 5.41) is 10.1. The van der Waals surface area contributed by atoms with E-state index in [1.54, 1.807) is 25.0 Å². The Kier molecular flexibility index (Phi) is 10.6. The third kappa shape index (κ3) is 7.49. The van der Waals surface area contributed by atoms with Gasteiger partial charge in [-0.2, -0.15) is 5.10 Å². The van der Waals surface area contributed by atoms with Crippen LogP contribution in [0.4, 0.5) is 0 Å². The van der Waals surface area contributed by atoms with Crippen molar-refractivity contribution in [1.29, 1.82) is 0 Å². The van der Waals surface area contributed by atoms with Crippen molar-refractivity contribution in [3.05, 3.63) is 30.0 Å². The molecule has 0 spiro atoms. The molecule has 3 rings (SSSR count). The monoisotopic (exact) mass is 528 g/mol. The molecule has 2 amide bonds. The Balaban J connectivity index is 1.91. The number of hydrogen-bond acceptors (Lipinski definition) is 7. The number of benzene rings is 1. The van der Waals surface area contributed by atoms with E-state index in [1.165, 1.54) is 13.5 Å². The van der Waals surface area contributed by atoms with Crippen molar-refractivity contribution < 1.29 is 28.6 Å². The lowest BCUT2D eigenvalue weighted by molar-refractivity contribution is -0.141. The fourth-order valence-corrected chi connectivity index (χ4v) is 4.89. The minimum atomic E-state index is -0.797. The van der Waals surface area contributed by atoms with Gasteiger partial charge in [-0.25, -0.2) is 0 Å². The number of ether oxygens (including phenoxy) is 3. The summed E-state index contributed by atoms with van der Waals surface area (Å²) in [5.41, 5.74) is 1.56. The maximum absolute atomic E-state index is 13.5. The number of rotatable bonds is 12. The first-order valence-corrected chi connectivity index (χ1v) is 13.2. The van der Waals surface area contributed by atoms with Gasteiger partial charge in [-0.1, -0.05) is 52.0 Å². The number of methoxy groups -OCH3 is 3. The van der Waals surface area contributed by atoms with Crippen LogP contribution in [0.25, 0.3) is 11.3 Å². The topological polar surface area (TPSA) is 121 Å². The summed E-state index contributed by atoms with van der Waals surface area (Å²) in [7, 11) is 4.42. The molecule has 0 unspecified atom stereocenters. The van der Waals surface area contributed by atoms with Crippen LogP contribution in [0.2, 0.25) is 0 Å². The number of nitrogens with zero attached hydrogens (tertiary/aromatic N) is 2. The molecule has 0 radical (unpaired) electrons. The molecule has 0 bridgehead atoms. The van der Waals surface area contributed by atoms with Gasteiger partial charge >= 0.3 is 5.97 Å². The minimum Gasteiger partial charge on any atom is -0.496 e. The highest BCUT2D eigenvalue weighted by Gasteiger charge is 2.29. The second-order valence-electron chi connectivity index (χ2n) is 10.1. The molecule has 1 heterocycles. The predicted octanol–water partition coefficient (Wildman–Crippen LogP) is 3.58. The molecular formula is C28H40N4O6. The van der Waals surface area contributed by atoms with Crippen LogP contribution in [0.15, 0.2) is 24.3 Å². The van der Waals surface area contributed by atoms with Gasteiger partial charge in [0.1, 0.15) is 24.1 Å². The molecule has 1 aromatic heterocycles. The number of esters is 1. The first kappa shape index (κ1) is 29.0. The largest absolute Gasteiger partial charge is 0.496 e. The third-order valence-electron chi connectivity index (χ3n) is 6.78. The first-order valence-electron chi connectivity index (χ1n) is 13.2. The molecule has 10 nitrogen and oxygen atoms in total. The molecule has 1 aromatic carbocycles. The van der Waals surface area contributed by atoms with Gasteiger partial charge in [-0.05, 0) is 36.5 Å². The van der Waals surface area contributed by atoms with E-state index >= 15 is 0 Å². The predicted molar refractivity (Wildman–Crippen MR) is 143 cm³/mol. The number of nitrogens with one attached hydrogen (secondary N) is 2. The van der Waals surface area contributed by atoms with Gasteiger partial charge in [0.2, 0.25) is 5.91 Å². The van der Waals surface area contributed by atoms with E-state index in [1.807, 2.05) is 18.2 Å². The second kappa shape index (κ2) is 13.8. The van der Waals surface area contributed by atoms with Gasteiger partial charge in [0.25, 0.3) is 5.91 Å². The number of aromatic nitrogens is 2. The van der Waals surface area contributed by atoms with Crippen molar-refractivity contribution in [3.63, 3.8) is 0 Å². The Hall–Kier alpha value is -3.56. The summed E-state index contributed by atoms with van der Waals surface area (Å²) >= 11 is 0. The zero-order valence-electron chi connectivity index (χ0n) is 23.0. The average Bonchev–Trinajstić information content (AvgIpc) is 3.33. The molecule has 2 aromatic rings. The van der Waals surface area contributed by atoms with Gasteiger partial charge in [-0.15, -0.1) is 0 Å². The van der Waals surface area contributed by atoms with Crippen LogP contribution in [-0.4, -0.2) is 61.5 Å². The molecule has 0 aliphatic heterocycles. The standard InChI is InChI=1S/C28H40N4O6/c1-18(2)17-32-22(26-23(36-3)12-9-13-24(26)37-4)15-21(31-32)28(35)30-20(14-19-10-7-6-8-11-19)27(34)29-16-25(33)38-5/h9,12-13,15,18-20H,6-8,10-11,14,16-17H2,1-5H3,(H,29,34)(H,30,35)/t20-/m0/s1. The van der Waals surface area contributed by atoms with Crippen molar-refractivity contribution in [3.8, 4) is 22.8 Å². The summed E-state index contributed by atoms with van der Waals surface area (Å²) in [4.78, 5) is 38.1.